The lowest BCUT2D eigenvalue weighted by molar-refractivity contribution is -0.171. The molecule has 7 heteroatoms. The Morgan fingerprint density at radius 2 is 2.00 bits per heavy atom. The topological polar surface area (TPSA) is 50.4 Å². The highest BCUT2D eigenvalue weighted by Crippen LogP contribution is 2.30. The molecule has 0 radical (unpaired) electrons. The third-order valence-corrected chi connectivity index (χ3v) is 2.85. The van der Waals surface area contributed by atoms with Crippen LogP contribution < -0.4 is 10.6 Å². The lowest BCUT2D eigenvalue weighted by Crippen LogP contribution is -2.54. The van der Waals surface area contributed by atoms with Crippen molar-refractivity contribution in [2.24, 2.45) is 5.92 Å². The fraction of sp³-hybridized carbons (Fsp3) is 0.917. The predicted octanol–water partition coefficient (Wildman–Crippen LogP) is 2.44. The summed E-state index contributed by atoms with van der Waals surface area (Å²) in [5, 5.41) is 4.87. The number of amides is 1. The molecule has 0 aliphatic carbocycles. The number of piperidine rings is 1. The standard InChI is InChI=1S/C12H21F3N2O2/c1-11(2,3)19-10(18)17-7-8-5-4-6-16-9(8)12(13,14)15/h8-9,16H,4-7H2,1-3H3,(H,17,18)/t8-,9+/m1/s1. The van der Waals surface area contributed by atoms with Crippen molar-refractivity contribution in [1.29, 1.82) is 0 Å². The van der Waals surface area contributed by atoms with Crippen LogP contribution in [0.3, 0.4) is 0 Å². The molecule has 0 unspecified atom stereocenters. The fourth-order valence-electron chi connectivity index (χ4n) is 2.09. The van der Waals surface area contributed by atoms with E-state index in [2.05, 4.69) is 10.6 Å². The second-order valence-corrected chi connectivity index (χ2v) is 5.76. The van der Waals surface area contributed by atoms with Gasteiger partial charge in [0.05, 0.1) is 0 Å². The van der Waals surface area contributed by atoms with E-state index in [0.717, 1.165) is 0 Å². The van der Waals surface area contributed by atoms with Gasteiger partial charge >= 0.3 is 12.3 Å². The van der Waals surface area contributed by atoms with Gasteiger partial charge in [0.1, 0.15) is 11.6 Å². The van der Waals surface area contributed by atoms with Crippen LogP contribution in [0.2, 0.25) is 0 Å². The van der Waals surface area contributed by atoms with Crippen LogP contribution >= 0.6 is 0 Å². The van der Waals surface area contributed by atoms with Crippen LogP contribution in [0.5, 0.6) is 0 Å². The zero-order valence-corrected chi connectivity index (χ0v) is 11.4. The Balaban J connectivity index is 2.48. The van der Waals surface area contributed by atoms with Crippen molar-refractivity contribution in [2.75, 3.05) is 13.1 Å². The largest absolute Gasteiger partial charge is 0.444 e. The summed E-state index contributed by atoms with van der Waals surface area (Å²) in [4.78, 5) is 11.4. The molecule has 1 fully saturated rings. The molecule has 1 saturated heterocycles. The van der Waals surface area contributed by atoms with Gasteiger partial charge in [-0.1, -0.05) is 0 Å². The first kappa shape index (κ1) is 16.1. The van der Waals surface area contributed by atoms with Crippen LogP contribution in [-0.4, -0.2) is 37.0 Å². The zero-order valence-electron chi connectivity index (χ0n) is 11.4. The molecular weight excluding hydrogens is 261 g/mol. The van der Waals surface area contributed by atoms with Crippen molar-refractivity contribution in [2.45, 2.75) is 51.4 Å². The van der Waals surface area contributed by atoms with Gasteiger partial charge in [0, 0.05) is 12.5 Å². The van der Waals surface area contributed by atoms with Crippen molar-refractivity contribution in [3.63, 3.8) is 0 Å². The first-order valence-electron chi connectivity index (χ1n) is 6.36. The smallest absolute Gasteiger partial charge is 0.407 e. The molecule has 112 valence electrons. The number of halogens is 3. The van der Waals surface area contributed by atoms with Gasteiger partial charge in [0.15, 0.2) is 0 Å². The van der Waals surface area contributed by atoms with Crippen LogP contribution in [0, 0.1) is 5.92 Å². The number of rotatable bonds is 2. The van der Waals surface area contributed by atoms with Crippen molar-refractivity contribution in [3.8, 4) is 0 Å². The predicted molar refractivity (Wildman–Crippen MR) is 64.8 cm³/mol. The van der Waals surface area contributed by atoms with Gasteiger partial charge in [0.2, 0.25) is 0 Å². The van der Waals surface area contributed by atoms with Crippen LogP contribution in [0.1, 0.15) is 33.6 Å². The Morgan fingerprint density at radius 1 is 1.37 bits per heavy atom. The summed E-state index contributed by atoms with van der Waals surface area (Å²) in [5.41, 5.74) is -0.654. The SMILES string of the molecule is CC(C)(C)OC(=O)NC[C@H]1CCCN[C@@H]1C(F)(F)F. The van der Waals surface area contributed by atoms with E-state index in [1.165, 1.54) is 0 Å². The highest BCUT2D eigenvalue weighted by Gasteiger charge is 2.45. The summed E-state index contributed by atoms with van der Waals surface area (Å²) in [5.74, 6) is -0.652. The molecule has 0 aromatic rings. The number of nitrogens with one attached hydrogen (secondary N) is 2. The summed E-state index contributed by atoms with van der Waals surface area (Å²) in [6.07, 6.45) is -3.86. The van der Waals surface area contributed by atoms with Gasteiger partial charge in [-0.25, -0.2) is 4.79 Å². The fourth-order valence-corrected chi connectivity index (χ4v) is 2.09. The number of ether oxygens (including phenoxy) is 1. The minimum Gasteiger partial charge on any atom is -0.444 e. The zero-order chi connectivity index (χ0) is 14.7. The Hall–Kier alpha value is -0.980. The third kappa shape index (κ3) is 5.67. The van der Waals surface area contributed by atoms with E-state index in [4.69, 9.17) is 4.74 Å². The van der Waals surface area contributed by atoms with Gasteiger partial charge in [-0.3, -0.25) is 0 Å². The molecular formula is C12H21F3N2O2. The molecule has 1 heterocycles. The first-order valence-corrected chi connectivity index (χ1v) is 6.36. The Bertz CT molecular complexity index is 313. The van der Waals surface area contributed by atoms with E-state index in [9.17, 15) is 18.0 Å². The van der Waals surface area contributed by atoms with Gasteiger partial charge in [-0.05, 0) is 40.2 Å². The maximum atomic E-state index is 12.8. The molecule has 1 amide bonds. The number of alkyl halides is 3. The molecule has 0 bridgehead atoms. The van der Waals surface area contributed by atoms with Gasteiger partial charge in [-0.15, -0.1) is 0 Å². The van der Waals surface area contributed by atoms with E-state index in [1.807, 2.05) is 0 Å². The Morgan fingerprint density at radius 3 is 2.53 bits per heavy atom. The average Bonchev–Trinajstić information content (AvgIpc) is 2.23. The third-order valence-electron chi connectivity index (χ3n) is 2.85. The van der Waals surface area contributed by atoms with E-state index in [1.54, 1.807) is 20.8 Å². The van der Waals surface area contributed by atoms with Crippen LogP contribution in [0.4, 0.5) is 18.0 Å². The Kier molecular flexibility index (Phi) is 5.06. The summed E-state index contributed by atoms with van der Waals surface area (Å²) < 4.78 is 43.3. The number of hydrogen-bond acceptors (Lipinski definition) is 3. The molecule has 2 atom stereocenters. The molecule has 0 aromatic carbocycles. The summed E-state index contributed by atoms with van der Waals surface area (Å²) >= 11 is 0. The highest BCUT2D eigenvalue weighted by atomic mass is 19.4. The van der Waals surface area contributed by atoms with Crippen molar-refractivity contribution in [3.05, 3.63) is 0 Å². The first-order chi connectivity index (χ1) is 8.59. The minimum atomic E-state index is -4.29. The molecule has 1 aliphatic heterocycles. The molecule has 19 heavy (non-hydrogen) atoms. The number of carbonyl (C=O) groups is 1. The van der Waals surface area contributed by atoms with E-state index < -0.39 is 29.8 Å². The molecule has 1 rings (SSSR count). The summed E-state index contributed by atoms with van der Waals surface area (Å²) in [6.45, 7) is 5.42. The number of hydrogen-bond donors (Lipinski definition) is 2. The molecule has 4 nitrogen and oxygen atoms in total. The van der Waals surface area contributed by atoms with Crippen molar-refractivity contribution in [1.82, 2.24) is 10.6 Å². The minimum absolute atomic E-state index is 0.0356. The van der Waals surface area contributed by atoms with E-state index in [-0.39, 0.29) is 6.54 Å². The summed E-state index contributed by atoms with van der Waals surface area (Å²) in [6, 6.07) is -1.56. The van der Waals surface area contributed by atoms with Crippen LogP contribution in [0.15, 0.2) is 0 Å². The normalized spacial score (nSPS) is 24.9. The lowest BCUT2D eigenvalue weighted by Gasteiger charge is -2.34. The molecule has 2 N–H and O–H groups in total. The van der Waals surface area contributed by atoms with Gasteiger partial charge in [0.25, 0.3) is 0 Å². The van der Waals surface area contributed by atoms with Gasteiger partial charge in [-0.2, -0.15) is 13.2 Å². The van der Waals surface area contributed by atoms with Crippen LogP contribution in [-0.2, 0) is 4.74 Å². The second kappa shape index (κ2) is 5.98. The van der Waals surface area contributed by atoms with Crippen molar-refractivity contribution < 1.29 is 22.7 Å². The molecule has 0 aromatic heterocycles. The maximum Gasteiger partial charge on any atom is 0.407 e. The molecule has 0 spiro atoms. The summed E-state index contributed by atoms with van der Waals surface area (Å²) in [7, 11) is 0. The highest BCUT2D eigenvalue weighted by molar-refractivity contribution is 5.67. The van der Waals surface area contributed by atoms with Crippen LogP contribution in [0.25, 0.3) is 0 Å². The second-order valence-electron chi connectivity index (χ2n) is 5.76. The lowest BCUT2D eigenvalue weighted by atomic mass is 9.90. The van der Waals surface area contributed by atoms with E-state index in [0.29, 0.717) is 19.4 Å². The van der Waals surface area contributed by atoms with E-state index >= 15 is 0 Å². The number of alkyl carbamates (subject to hydrolysis) is 1. The van der Waals surface area contributed by atoms with Crippen molar-refractivity contribution >= 4 is 6.09 Å². The average molecular weight is 282 g/mol. The van der Waals surface area contributed by atoms with Gasteiger partial charge < -0.3 is 15.4 Å². The number of carbonyl (C=O) groups excluding carboxylic acids is 1. The maximum absolute atomic E-state index is 12.8. The molecule has 0 saturated carbocycles. The monoisotopic (exact) mass is 282 g/mol. The quantitative estimate of drug-likeness (QED) is 0.818. The Labute approximate surface area is 111 Å². The molecule has 1 aliphatic rings.